The van der Waals surface area contributed by atoms with Crippen molar-refractivity contribution in [1.29, 1.82) is 0 Å². The number of benzene rings is 3. The van der Waals surface area contributed by atoms with E-state index in [0.29, 0.717) is 134 Å². The Bertz CT molecular complexity index is 3240. The Morgan fingerprint density at radius 1 is 0.444 bits per heavy atom. The third kappa shape index (κ3) is 53.3. The van der Waals surface area contributed by atoms with Gasteiger partial charge in [-0.1, -0.05) is 53.5 Å². The van der Waals surface area contributed by atoms with Crippen molar-refractivity contribution < 1.29 is 108 Å². The zero-order chi connectivity index (χ0) is 84.3. The van der Waals surface area contributed by atoms with Crippen LogP contribution in [0.2, 0.25) is 10.0 Å². The monoisotopic (exact) mass is 1740 g/mol. The fraction of sp³-hybridized carbons (Fsp3) is 0.697. The molecule has 0 saturated heterocycles. The predicted molar refractivity (Wildman–Crippen MR) is 441 cm³/mol. The van der Waals surface area contributed by atoms with Crippen LogP contribution in [0.4, 0.5) is 0 Å². The number of hydrogen-bond acceptors (Lipinski definition) is 30. The molecule has 3 aromatic rings. The van der Waals surface area contributed by atoms with Crippen LogP contribution in [0.5, 0.6) is 0 Å². The Morgan fingerprint density at radius 3 is 1.24 bits per heavy atom. The number of hydrogen-bond donors (Lipinski definition) is 10. The SMILES string of the molecule is CNCCOCCOCCOCCNC(=O)CN(CCN(CCN(CC(=O)NCCOCCOCCOCCNS(=O)(=O)c1ccccc1)CC(=O)NCOCCOCCOCCN)CC(=O)NCCOCCOCCOCCN)CC(=O)NCCOCCOCCOCCNS(=O)c1cccc([C@@H]2CN(C)Cc3c(Cl)cc(Cl)cc32)c1. The van der Waals surface area contributed by atoms with E-state index in [0.717, 1.165) is 29.8 Å². The molecule has 0 aromatic heterocycles. The highest BCUT2D eigenvalue weighted by atomic mass is 35.5. The topological polar surface area (TPSA) is 436 Å². The summed E-state index contributed by atoms with van der Waals surface area (Å²) in [6.45, 7) is 11.8. The first-order chi connectivity index (χ1) is 57.0. The van der Waals surface area contributed by atoms with E-state index in [1.807, 2.05) is 44.4 Å². The molecule has 12 N–H and O–H groups in total. The van der Waals surface area contributed by atoms with Gasteiger partial charge in [0, 0.05) is 114 Å². The molecular weight excluding hydrogens is 1610 g/mol. The van der Waals surface area contributed by atoms with Crippen molar-refractivity contribution in [3.63, 3.8) is 0 Å². The first kappa shape index (κ1) is 104. The quantitative estimate of drug-likeness (QED) is 0.0216. The summed E-state index contributed by atoms with van der Waals surface area (Å²) in [6.07, 6.45) is 0. The maximum Gasteiger partial charge on any atom is 0.240 e. The van der Waals surface area contributed by atoms with Crippen LogP contribution >= 0.6 is 23.2 Å². The van der Waals surface area contributed by atoms with Gasteiger partial charge in [0.15, 0.2) is 0 Å². The number of ether oxygens (including phenoxy) is 15. The number of halogens is 2. The van der Waals surface area contributed by atoms with Crippen molar-refractivity contribution in [2.45, 2.75) is 22.3 Å². The number of nitrogens with two attached hydrogens (primary N) is 2. The van der Waals surface area contributed by atoms with Crippen LogP contribution in [0.1, 0.15) is 22.6 Å². The molecule has 5 amide bonds. The number of nitrogens with zero attached hydrogens (tertiary/aromatic N) is 4. The number of nitrogens with one attached hydrogen (secondary N) is 8. The van der Waals surface area contributed by atoms with Crippen LogP contribution < -0.4 is 52.8 Å². The molecule has 668 valence electrons. The molecule has 117 heavy (non-hydrogen) atoms. The lowest BCUT2D eigenvalue weighted by atomic mass is 9.85. The fourth-order valence-corrected chi connectivity index (χ4v) is 13.4. The molecule has 41 heteroatoms. The summed E-state index contributed by atoms with van der Waals surface area (Å²) in [6, 6.07) is 19.5. The zero-order valence-corrected chi connectivity index (χ0v) is 71.3. The second kappa shape index (κ2) is 69.3. The lowest BCUT2D eigenvalue weighted by molar-refractivity contribution is -0.127. The molecule has 3 aromatic carbocycles. The van der Waals surface area contributed by atoms with Gasteiger partial charge in [0.2, 0.25) is 39.6 Å². The van der Waals surface area contributed by atoms with E-state index in [1.165, 1.54) is 12.1 Å². The summed E-state index contributed by atoms with van der Waals surface area (Å²) < 4.78 is 127. The molecule has 0 saturated carbocycles. The lowest BCUT2D eigenvalue weighted by Crippen LogP contribution is -2.50. The normalized spacial score (nSPS) is 13.4. The van der Waals surface area contributed by atoms with E-state index in [2.05, 4.69) is 46.2 Å². The minimum absolute atomic E-state index is 0.00623. The third-order valence-electron chi connectivity index (χ3n) is 16.7. The molecule has 0 radical (unpaired) electrons. The summed E-state index contributed by atoms with van der Waals surface area (Å²) in [4.78, 5) is 76.4. The summed E-state index contributed by atoms with van der Waals surface area (Å²) in [7, 11) is -1.24. The van der Waals surface area contributed by atoms with Crippen molar-refractivity contribution in [3.8, 4) is 0 Å². The van der Waals surface area contributed by atoms with Crippen LogP contribution in [-0.2, 0) is 123 Å². The number of carbonyl (C=O) groups is 5. The highest BCUT2D eigenvalue weighted by Crippen LogP contribution is 2.39. The highest BCUT2D eigenvalue weighted by Gasteiger charge is 2.28. The smallest absolute Gasteiger partial charge is 0.240 e. The van der Waals surface area contributed by atoms with Crippen molar-refractivity contribution >= 4 is 73.7 Å². The summed E-state index contributed by atoms with van der Waals surface area (Å²) in [5.74, 6) is -2.02. The van der Waals surface area contributed by atoms with Crippen LogP contribution in [0.3, 0.4) is 0 Å². The maximum absolute atomic E-state index is 13.8. The largest absolute Gasteiger partial charge is 0.378 e. The van der Waals surface area contributed by atoms with E-state index >= 15 is 0 Å². The standard InChI is InChI=1S/C76H130Cl2N14O23S2/c1-81-13-26-103-35-44-111-46-37-105-28-15-83-73(94)59-91(60-74(95)84-16-29-106-38-47-112-49-40-108-31-18-87-116(98)66-8-6-7-64(53-66)69-56-89(2)57-70-68(69)54-65(77)55-71(70)78)22-20-90(58-72(93)82-14-27-104-36-45-110-42-33-101-24-11-79)21-23-92(62-76(97)86-63-115-52-51-114-43-34-102-25-12-80)61-75(96)85-17-30-107-39-48-113-50-41-109-32-19-88-117(99,100)67-9-4-3-5-10-67/h3-10,53-55,69,81,87-88H,11-52,56-63,79-80H2,1-2H3,(H,82,93)(H,83,94)(H,84,95)(H,85,96)(H,86,97)/t69-,116?/m0/s1. The predicted octanol–water partition coefficient (Wildman–Crippen LogP) is -2.01. The van der Waals surface area contributed by atoms with Gasteiger partial charge in [0.1, 0.15) is 17.7 Å². The van der Waals surface area contributed by atoms with Crippen molar-refractivity contribution in [2.24, 2.45) is 11.5 Å². The average Bonchev–Trinajstić information content (AvgIpc) is 0.775. The van der Waals surface area contributed by atoms with Crippen LogP contribution in [0.15, 0.2) is 76.5 Å². The minimum atomic E-state index is -3.64. The third-order valence-corrected chi connectivity index (χ3v) is 19.9. The minimum Gasteiger partial charge on any atom is -0.378 e. The van der Waals surface area contributed by atoms with Gasteiger partial charge in [-0.05, 0) is 67.2 Å². The van der Waals surface area contributed by atoms with E-state index in [-0.39, 0.29) is 214 Å². The van der Waals surface area contributed by atoms with Crippen molar-refractivity contribution in [1.82, 2.24) is 60.9 Å². The molecule has 0 aliphatic carbocycles. The highest BCUT2D eigenvalue weighted by molar-refractivity contribution is 7.89. The fourth-order valence-electron chi connectivity index (χ4n) is 11.0. The average molecular weight is 1740 g/mol. The molecule has 1 aliphatic heterocycles. The molecule has 2 atom stereocenters. The molecule has 0 spiro atoms. The molecule has 1 aliphatic rings. The summed E-state index contributed by atoms with van der Waals surface area (Å²) >= 11 is 13.0. The molecule has 0 fully saturated rings. The molecule has 1 heterocycles. The molecule has 0 bridgehead atoms. The van der Waals surface area contributed by atoms with E-state index < -0.39 is 44.6 Å². The summed E-state index contributed by atoms with van der Waals surface area (Å²) in [5, 5.41) is 18.4. The number of amides is 5. The van der Waals surface area contributed by atoms with Crippen LogP contribution in [0.25, 0.3) is 0 Å². The zero-order valence-electron chi connectivity index (χ0n) is 68.2. The van der Waals surface area contributed by atoms with Gasteiger partial charge < -0.3 is 119 Å². The Kier molecular flexibility index (Phi) is 61.6. The molecule has 4 rings (SSSR count). The van der Waals surface area contributed by atoms with E-state index in [9.17, 15) is 36.6 Å². The van der Waals surface area contributed by atoms with Gasteiger partial charge >= 0.3 is 0 Å². The van der Waals surface area contributed by atoms with E-state index in [1.54, 1.807) is 39.0 Å². The second-order valence-corrected chi connectivity index (χ2v) is 30.1. The molecular formula is C76H130Cl2N14O23S2. The molecule has 1 unspecified atom stereocenters. The first-order valence-electron chi connectivity index (χ1n) is 39.7. The van der Waals surface area contributed by atoms with Gasteiger partial charge in [-0.3, -0.25) is 38.7 Å². The number of carbonyl (C=O) groups excluding carboxylic acids is 5. The Morgan fingerprint density at radius 2 is 0.812 bits per heavy atom. The van der Waals surface area contributed by atoms with Crippen LogP contribution in [0, 0.1) is 0 Å². The van der Waals surface area contributed by atoms with Gasteiger partial charge in [-0.15, -0.1) is 0 Å². The Hall–Kier alpha value is -5.27. The van der Waals surface area contributed by atoms with E-state index in [4.69, 9.17) is 106 Å². The maximum atomic E-state index is 13.8. The van der Waals surface area contributed by atoms with Gasteiger partial charge in [0.25, 0.3) is 0 Å². The first-order valence-corrected chi connectivity index (χ1v) is 43.1. The Balaban J connectivity index is 1.32. The Labute approximate surface area is 702 Å². The van der Waals surface area contributed by atoms with Crippen molar-refractivity contribution in [3.05, 3.63) is 93.5 Å². The number of rotatable bonds is 78. The van der Waals surface area contributed by atoms with Gasteiger partial charge in [-0.25, -0.2) is 22.1 Å². The van der Waals surface area contributed by atoms with Gasteiger partial charge in [0.05, 0.1) is 234 Å². The number of sulfonamides is 1. The van der Waals surface area contributed by atoms with Crippen molar-refractivity contribution in [2.75, 3.05) is 337 Å². The number of likely N-dealkylation sites (N-methyl/N-ethyl adjacent to an activating group) is 2. The molecule has 37 nitrogen and oxygen atoms in total. The van der Waals surface area contributed by atoms with Crippen LogP contribution in [-0.4, -0.2) is 399 Å². The lowest BCUT2D eigenvalue weighted by Gasteiger charge is -2.33. The summed E-state index contributed by atoms with van der Waals surface area (Å²) in [5.41, 5.74) is 14.1. The number of fused-ring (bicyclic) bond motifs is 1. The second-order valence-electron chi connectivity index (χ2n) is 26.2. The van der Waals surface area contributed by atoms with Gasteiger partial charge in [-0.2, -0.15) is 0 Å².